The van der Waals surface area contributed by atoms with Gasteiger partial charge in [-0.1, -0.05) is 23.7 Å². The number of Topliss-reactive ketones (excluding diaryl/α,β-unsaturated/α-hetero) is 1. The van der Waals surface area contributed by atoms with E-state index in [1.54, 1.807) is 18.2 Å². The summed E-state index contributed by atoms with van der Waals surface area (Å²) in [6.07, 6.45) is -1.11. The molecule has 0 saturated carbocycles. The minimum Gasteiger partial charge on any atom is -0.507 e. The van der Waals surface area contributed by atoms with Gasteiger partial charge in [0.05, 0.1) is 0 Å². The Balaban J connectivity index is 2.03. The smallest absolute Gasteiger partial charge is 0.342 e. The number of esters is 1. The van der Waals surface area contributed by atoms with Crippen LogP contribution in [0.25, 0.3) is 0 Å². The molecule has 0 bridgehead atoms. The number of phenols is 1. The molecule has 0 aliphatic rings. The topological polar surface area (TPSA) is 92.7 Å². The zero-order valence-electron chi connectivity index (χ0n) is 13.6. The van der Waals surface area contributed by atoms with Crippen LogP contribution in [0, 0.1) is 0 Å². The Morgan fingerprint density at radius 2 is 1.88 bits per heavy atom. The van der Waals surface area contributed by atoms with Crippen molar-refractivity contribution in [2.24, 2.45) is 0 Å². The average molecular weight is 362 g/mol. The van der Waals surface area contributed by atoms with Crippen molar-refractivity contribution in [1.29, 1.82) is 0 Å². The van der Waals surface area contributed by atoms with E-state index in [1.165, 1.54) is 38.1 Å². The first kappa shape index (κ1) is 18.5. The Morgan fingerprint density at radius 3 is 2.52 bits per heavy atom. The maximum absolute atomic E-state index is 12.1. The molecule has 2 aromatic rings. The Bertz CT molecular complexity index is 834. The number of aromatic hydroxyl groups is 1. The van der Waals surface area contributed by atoms with E-state index in [9.17, 15) is 19.5 Å². The third-order valence-corrected chi connectivity index (χ3v) is 3.60. The highest BCUT2D eigenvalue weighted by molar-refractivity contribution is 6.30. The van der Waals surface area contributed by atoms with Crippen LogP contribution in [0.4, 0.5) is 5.69 Å². The van der Waals surface area contributed by atoms with Gasteiger partial charge < -0.3 is 15.2 Å². The van der Waals surface area contributed by atoms with Gasteiger partial charge in [-0.25, -0.2) is 4.79 Å². The first-order valence-electron chi connectivity index (χ1n) is 7.39. The summed E-state index contributed by atoms with van der Waals surface area (Å²) in [5.41, 5.74) is 0.770. The van der Waals surface area contributed by atoms with Crippen LogP contribution in [0.15, 0.2) is 42.5 Å². The van der Waals surface area contributed by atoms with Crippen molar-refractivity contribution in [1.82, 2.24) is 0 Å². The van der Waals surface area contributed by atoms with Crippen LogP contribution in [0.3, 0.4) is 0 Å². The van der Waals surface area contributed by atoms with Crippen molar-refractivity contribution in [2.45, 2.75) is 20.0 Å². The first-order chi connectivity index (χ1) is 11.8. The molecule has 0 radical (unpaired) electrons. The summed E-state index contributed by atoms with van der Waals surface area (Å²) in [6.45, 7) is 2.82. The number of anilines is 1. The Labute approximate surface area is 149 Å². The minimum absolute atomic E-state index is 0.0948. The van der Waals surface area contributed by atoms with Gasteiger partial charge in [0, 0.05) is 16.3 Å². The summed E-state index contributed by atoms with van der Waals surface area (Å²) in [7, 11) is 0. The van der Waals surface area contributed by atoms with E-state index in [-0.39, 0.29) is 22.1 Å². The van der Waals surface area contributed by atoms with E-state index < -0.39 is 18.0 Å². The SMILES string of the molecule is CC(=O)c1cccc(NC(=O)[C@H](C)OC(=O)c2ccc(Cl)cc2O)c1. The van der Waals surface area contributed by atoms with Gasteiger partial charge in [-0.05, 0) is 44.2 Å². The zero-order valence-corrected chi connectivity index (χ0v) is 14.3. The molecule has 6 nitrogen and oxygen atoms in total. The lowest BCUT2D eigenvalue weighted by Gasteiger charge is -2.14. The van der Waals surface area contributed by atoms with Gasteiger partial charge >= 0.3 is 5.97 Å². The van der Waals surface area contributed by atoms with Crippen molar-refractivity contribution in [3.8, 4) is 5.75 Å². The predicted molar refractivity (Wildman–Crippen MR) is 93.1 cm³/mol. The summed E-state index contributed by atoms with van der Waals surface area (Å²) in [5, 5.41) is 12.5. The summed E-state index contributed by atoms with van der Waals surface area (Å²) in [6, 6.07) is 10.3. The minimum atomic E-state index is -1.11. The number of nitrogens with one attached hydrogen (secondary N) is 1. The maximum atomic E-state index is 12.1. The van der Waals surface area contributed by atoms with E-state index in [1.807, 2.05) is 0 Å². The molecular formula is C18H16ClNO5. The summed E-state index contributed by atoms with van der Waals surface area (Å²) >= 11 is 5.70. The van der Waals surface area contributed by atoms with E-state index in [2.05, 4.69) is 5.32 Å². The average Bonchev–Trinajstić information content (AvgIpc) is 2.54. The van der Waals surface area contributed by atoms with E-state index in [0.29, 0.717) is 11.3 Å². The van der Waals surface area contributed by atoms with Crippen molar-refractivity contribution < 1.29 is 24.2 Å². The van der Waals surface area contributed by atoms with Crippen molar-refractivity contribution >= 4 is 34.9 Å². The van der Waals surface area contributed by atoms with Crippen molar-refractivity contribution in [2.75, 3.05) is 5.32 Å². The number of ether oxygens (including phenoxy) is 1. The van der Waals surface area contributed by atoms with Gasteiger partial charge in [-0.15, -0.1) is 0 Å². The molecule has 25 heavy (non-hydrogen) atoms. The van der Waals surface area contributed by atoms with Gasteiger partial charge in [0.1, 0.15) is 11.3 Å². The molecule has 7 heteroatoms. The fraction of sp³-hybridized carbons (Fsp3) is 0.167. The highest BCUT2D eigenvalue weighted by atomic mass is 35.5. The molecule has 1 atom stereocenters. The van der Waals surface area contributed by atoms with Crippen LogP contribution >= 0.6 is 11.6 Å². The molecule has 0 saturated heterocycles. The van der Waals surface area contributed by atoms with Gasteiger partial charge in [-0.3, -0.25) is 9.59 Å². The number of rotatable bonds is 5. The monoisotopic (exact) mass is 361 g/mol. The van der Waals surface area contributed by atoms with Crippen LogP contribution < -0.4 is 5.32 Å². The highest BCUT2D eigenvalue weighted by Gasteiger charge is 2.21. The lowest BCUT2D eigenvalue weighted by molar-refractivity contribution is -0.123. The third kappa shape index (κ3) is 4.81. The van der Waals surface area contributed by atoms with Gasteiger partial charge in [0.15, 0.2) is 11.9 Å². The van der Waals surface area contributed by atoms with Crippen LogP contribution in [0.5, 0.6) is 5.75 Å². The standard InChI is InChI=1S/C18H16ClNO5/c1-10(21)12-4-3-5-14(8-12)20-17(23)11(2)25-18(24)15-7-6-13(19)9-16(15)22/h3-9,11,22H,1-2H3,(H,20,23)/t11-/m0/s1. The Morgan fingerprint density at radius 1 is 1.16 bits per heavy atom. The van der Waals surface area contributed by atoms with E-state index >= 15 is 0 Å². The van der Waals surface area contributed by atoms with Gasteiger partial charge in [-0.2, -0.15) is 0 Å². The van der Waals surface area contributed by atoms with Crippen LogP contribution in [-0.4, -0.2) is 28.9 Å². The molecule has 0 aliphatic heterocycles. The molecule has 0 fully saturated rings. The molecule has 1 amide bonds. The fourth-order valence-corrected chi connectivity index (χ4v) is 2.18. The molecule has 2 rings (SSSR count). The number of phenolic OH excluding ortho intramolecular Hbond substituents is 1. The molecule has 130 valence electrons. The molecular weight excluding hydrogens is 346 g/mol. The lowest BCUT2D eigenvalue weighted by atomic mass is 10.1. The number of benzene rings is 2. The number of amides is 1. The van der Waals surface area contributed by atoms with Crippen LogP contribution in [0.2, 0.25) is 5.02 Å². The van der Waals surface area contributed by atoms with E-state index in [4.69, 9.17) is 16.3 Å². The fourth-order valence-electron chi connectivity index (χ4n) is 2.01. The summed E-state index contributed by atoms with van der Waals surface area (Å²) < 4.78 is 5.05. The first-order valence-corrected chi connectivity index (χ1v) is 7.77. The summed E-state index contributed by atoms with van der Waals surface area (Å²) in [5.74, 6) is -1.88. The normalized spacial score (nSPS) is 11.5. The molecule has 0 unspecified atom stereocenters. The quantitative estimate of drug-likeness (QED) is 0.628. The van der Waals surface area contributed by atoms with Crippen molar-refractivity contribution in [3.05, 3.63) is 58.6 Å². The van der Waals surface area contributed by atoms with Crippen LogP contribution in [-0.2, 0) is 9.53 Å². The molecule has 0 heterocycles. The van der Waals surface area contributed by atoms with Crippen LogP contribution in [0.1, 0.15) is 34.6 Å². The maximum Gasteiger partial charge on any atom is 0.342 e. The number of ketones is 1. The molecule has 0 aromatic heterocycles. The summed E-state index contributed by atoms with van der Waals surface area (Å²) in [4.78, 5) is 35.5. The predicted octanol–water partition coefficient (Wildman–Crippen LogP) is 3.43. The largest absolute Gasteiger partial charge is 0.507 e. The number of carbonyl (C=O) groups is 3. The molecule has 0 spiro atoms. The number of hydrogen-bond donors (Lipinski definition) is 2. The second-order valence-corrected chi connectivity index (χ2v) is 5.77. The van der Waals surface area contributed by atoms with Crippen molar-refractivity contribution in [3.63, 3.8) is 0 Å². The molecule has 2 aromatic carbocycles. The number of halogens is 1. The number of hydrogen-bond acceptors (Lipinski definition) is 5. The second kappa shape index (κ2) is 7.81. The second-order valence-electron chi connectivity index (χ2n) is 5.34. The Hall–Kier alpha value is -2.86. The zero-order chi connectivity index (χ0) is 18.6. The molecule has 2 N–H and O–H groups in total. The van der Waals surface area contributed by atoms with Gasteiger partial charge in [0.2, 0.25) is 0 Å². The Kier molecular flexibility index (Phi) is 5.77. The van der Waals surface area contributed by atoms with E-state index in [0.717, 1.165) is 0 Å². The molecule has 0 aliphatic carbocycles. The lowest BCUT2D eigenvalue weighted by Crippen LogP contribution is -2.30. The number of carbonyl (C=O) groups excluding carboxylic acids is 3. The van der Waals surface area contributed by atoms with Gasteiger partial charge in [0.25, 0.3) is 5.91 Å². The third-order valence-electron chi connectivity index (χ3n) is 3.37. The highest BCUT2D eigenvalue weighted by Crippen LogP contribution is 2.23.